The number of rotatable bonds is 9. The minimum absolute atomic E-state index is 0.113. The van der Waals surface area contributed by atoms with Gasteiger partial charge in [0.05, 0.1) is 7.11 Å². The number of para-hydroxylation sites is 2. The molecule has 2 aromatic rings. The van der Waals surface area contributed by atoms with Gasteiger partial charge in [-0.05, 0) is 55.6 Å². The fourth-order valence-electron chi connectivity index (χ4n) is 3.53. The number of ether oxygens (including phenoxy) is 2. The molecule has 0 aliphatic carbocycles. The summed E-state index contributed by atoms with van der Waals surface area (Å²) in [7, 11) is 1.60. The number of nitrogens with zero attached hydrogens (tertiary/aromatic N) is 1. The molecule has 0 saturated carbocycles. The number of benzene rings is 2. The number of carbonyl (C=O) groups excluding carboxylic acids is 1. The quantitative estimate of drug-likeness (QED) is 0.717. The first-order valence-corrected chi connectivity index (χ1v) is 10.1. The molecule has 1 fully saturated rings. The number of hydrogen-bond donors (Lipinski definition) is 1. The lowest BCUT2D eigenvalue weighted by Gasteiger charge is -2.19. The SMILES string of the molecule is CC[C@H](Oc1ccccc1OC)C(=O)NCc1cccc(CN2CCCC2)c1. The molecule has 5 nitrogen and oxygen atoms in total. The normalized spacial score (nSPS) is 15.2. The van der Waals surface area contributed by atoms with Gasteiger partial charge in [0.1, 0.15) is 0 Å². The van der Waals surface area contributed by atoms with Crippen molar-refractivity contribution in [3.05, 3.63) is 59.7 Å². The van der Waals surface area contributed by atoms with Gasteiger partial charge in [0.2, 0.25) is 0 Å². The summed E-state index contributed by atoms with van der Waals surface area (Å²) in [5.74, 6) is 1.10. The predicted octanol–water partition coefficient (Wildman–Crippen LogP) is 3.76. The second-order valence-electron chi connectivity index (χ2n) is 7.19. The van der Waals surface area contributed by atoms with E-state index < -0.39 is 6.10 Å². The van der Waals surface area contributed by atoms with Crippen LogP contribution in [0.5, 0.6) is 11.5 Å². The average Bonchev–Trinajstić information content (AvgIpc) is 3.23. The maximum Gasteiger partial charge on any atom is 0.261 e. The highest BCUT2D eigenvalue weighted by molar-refractivity contribution is 5.81. The molecule has 2 aromatic carbocycles. The molecule has 1 saturated heterocycles. The minimum Gasteiger partial charge on any atom is -0.493 e. The van der Waals surface area contributed by atoms with Crippen LogP contribution in [0.4, 0.5) is 0 Å². The molecule has 5 heteroatoms. The van der Waals surface area contributed by atoms with Gasteiger partial charge in [-0.3, -0.25) is 9.69 Å². The van der Waals surface area contributed by atoms with Crippen LogP contribution in [0.3, 0.4) is 0 Å². The summed E-state index contributed by atoms with van der Waals surface area (Å²) >= 11 is 0. The number of amides is 1. The molecule has 0 radical (unpaired) electrons. The van der Waals surface area contributed by atoms with E-state index in [1.165, 1.54) is 31.5 Å². The van der Waals surface area contributed by atoms with Crippen molar-refractivity contribution in [2.45, 2.75) is 45.4 Å². The maximum atomic E-state index is 12.6. The second kappa shape index (κ2) is 10.1. The van der Waals surface area contributed by atoms with Crippen molar-refractivity contribution < 1.29 is 14.3 Å². The molecular weight excluding hydrogens is 352 g/mol. The van der Waals surface area contributed by atoms with Crippen LogP contribution in [0.15, 0.2) is 48.5 Å². The van der Waals surface area contributed by atoms with Crippen LogP contribution in [-0.2, 0) is 17.9 Å². The Kier molecular flexibility index (Phi) is 7.31. The summed E-state index contributed by atoms with van der Waals surface area (Å²) in [4.78, 5) is 15.1. The third kappa shape index (κ3) is 5.49. The Morgan fingerprint density at radius 1 is 1.07 bits per heavy atom. The first kappa shape index (κ1) is 20.2. The summed E-state index contributed by atoms with van der Waals surface area (Å²) in [6, 6.07) is 15.8. The van der Waals surface area contributed by atoms with E-state index in [2.05, 4.69) is 34.5 Å². The summed E-state index contributed by atoms with van der Waals surface area (Å²) in [5.41, 5.74) is 2.41. The molecule has 0 bridgehead atoms. The van der Waals surface area contributed by atoms with Crippen LogP contribution in [-0.4, -0.2) is 37.1 Å². The number of hydrogen-bond acceptors (Lipinski definition) is 4. The Balaban J connectivity index is 1.56. The van der Waals surface area contributed by atoms with E-state index >= 15 is 0 Å². The molecular formula is C23H30N2O3. The molecule has 150 valence electrons. The Bertz CT molecular complexity index is 772. The van der Waals surface area contributed by atoms with E-state index in [0.717, 1.165) is 12.1 Å². The maximum absolute atomic E-state index is 12.6. The topological polar surface area (TPSA) is 50.8 Å². The van der Waals surface area contributed by atoms with Gasteiger partial charge in [-0.1, -0.05) is 43.3 Å². The average molecular weight is 383 g/mol. The van der Waals surface area contributed by atoms with Crippen LogP contribution in [0.25, 0.3) is 0 Å². The van der Waals surface area contributed by atoms with Gasteiger partial charge in [-0.2, -0.15) is 0 Å². The van der Waals surface area contributed by atoms with Gasteiger partial charge in [0, 0.05) is 13.1 Å². The molecule has 1 atom stereocenters. The highest BCUT2D eigenvalue weighted by Crippen LogP contribution is 2.27. The minimum atomic E-state index is -0.552. The van der Waals surface area contributed by atoms with Crippen LogP contribution < -0.4 is 14.8 Å². The zero-order chi connectivity index (χ0) is 19.8. The van der Waals surface area contributed by atoms with Gasteiger partial charge in [0.15, 0.2) is 17.6 Å². The van der Waals surface area contributed by atoms with Crippen molar-refractivity contribution in [2.75, 3.05) is 20.2 Å². The molecule has 0 unspecified atom stereocenters. The van der Waals surface area contributed by atoms with Crippen molar-refractivity contribution in [1.29, 1.82) is 0 Å². The third-order valence-electron chi connectivity index (χ3n) is 5.06. The zero-order valence-corrected chi connectivity index (χ0v) is 16.8. The fourth-order valence-corrected chi connectivity index (χ4v) is 3.53. The van der Waals surface area contributed by atoms with E-state index in [0.29, 0.717) is 24.5 Å². The van der Waals surface area contributed by atoms with E-state index in [4.69, 9.17) is 9.47 Å². The molecule has 3 rings (SSSR count). The Morgan fingerprint density at radius 2 is 1.79 bits per heavy atom. The lowest BCUT2D eigenvalue weighted by Crippen LogP contribution is -2.37. The highest BCUT2D eigenvalue weighted by Gasteiger charge is 2.20. The third-order valence-corrected chi connectivity index (χ3v) is 5.06. The number of nitrogens with one attached hydrogen (secondary N) is 1. The van der Waals surface area contributed by atoms with Crippen LogP contribution in [0.1, 0.15) is 37.3 Å². The van der Waals surface area contributed by atoms with Crippen molar-refractivity contribution in [3.63, 3.8) is 0 Å². The van der Waals surface area contributed by atoms with Gasteiger partial charge >= 0.3 is 0 Å². The van der Waals surface area contributed by atoms with Gasteiger partial charge in [0.25, 0.3) is 5.91 Å². The summed E-state index contributed by atoms with van der Waals surface area (Å²) in [5, 5.41) is 3.01. The Morgan fingerprint density at radius 3 is 2.50 bits per heavy atom. The van der Waals surface area contributed by atoms with Crippen LogP contribution >= 0.6 is 0 Å². The monoisotopic (exact) mass is 382 g/mol. The molecule has 1 N–H and O–H groups in total. The summed E-state index contributed by atoms with van der Waals surface area (Å²) in [6.07, 6.45) is 2.61. The fraction of sp³-hybridized carbons (Fsp3) is 0.435. The smallest absolute Gasteiger partial charge is 0.261 e. The first-order chi connectivity index (χ1) is 13.7. The van der Waals surface area contributed by atoms with Crippen molar-refractivity contribution in [2.24, 2.45) is 0 Å². The highest BCUT2D eigenvalue weighted by atomic mass is 16.5. The number of carbonyl (C=O) groups is 1. The zero-order valence-electron chi connectivity index (χ0n) is 16.8. The van der Waals surface area contributed by atoms with E-state index in [9.17, 15) is 4.79 Å². The molecule has 28 heavy (non-hydrogen) atoms. The Hall–Kier alpha value is -2.53. The number of likely N-dealkylation sites (tertiary alicyclic amines) is 1. The molecule has 1 aliphatic heterocycles. The van der Waals surface area contributed by atoms with Crippen molar-refractivity contribution in [3.8, 4) is 11.5 Å². The largest absolute Gasteiger partial charge is 0.493 e. The second-order valence-corrected chi connectivity index (χ2v) is 7.19. The van der Waals surface area contributed by atoms with E-state index in [1.54, 1.807) is 7.11 Å². The van der Waals surface area contributed by atoms with Gasteiger partial charge in [-0.15, -0.1) is 0 Å². The van der Waals surface area contributed by atoms with Crippen LogP contribution in [0, 0.1) is 0 Å². The lowest BCUT2D eigenvalue weighted by molar-refractivity contribution is -0.128. The summed E-state index contributed by atoms with van der Waals surface area (Å²) in [6.45, 7) is 5.78. The number of methoxy groups -OCH3 is 1. The predicted molar refractivity (Wildman–Crippen MR) is 111 cm³/mol. The standard InChI is InChI=1S/C23H30N2O3/c1-3-20(28-22-12-5-4-11-21(22)27-2)23(26)24-16-18-9-8-10-19(15-18)17-25-13-6-7-14-25/h4-5,8-12,15,20H,3,6-7,13-14,16-17H2,1-2H3,(H,24,26)/t20-/m0/s1. The Labute approximate surface area is 167 Å². The van der Waals surface area contributed by atoms with E-state index in [1.807, 2.05) is 31.2 Å². The molecule has 1 aliphatic rings. The molecule has 1 amide bonds. The molecule has 1 heterocycles. The van der Waals surface area contributed by atoms with Crippen LogP contribution in [0.2, 0.25) is 0 Å². The van der Waals surface area contributed by atoms with Gasteiger partial charge in [-0.25, -0.2) is 0 Å². The van der Waals surface area contributed by atoms with Crippen molar-refractivity contribution >= 4 is 5.91 Å². The van der Waals surface area contributed by atoms with E-state index in [-0.39, 0.29) is 5.91 Å². The summed E-state index contributed by atoms with van der Waals surface area (Å²) < 4.78 is 11.2. The lowest BCUT2D eigenvalue weighted by atomic mass is 10.1. The van der Waals surface area contributed by atoms with Crippen molar-refractivity contribution in [1.82, 2.24) is 10.2 Å². The van der Waals surface area contributed by atoms with Gasteiger partial charge < -0.3 is 14.8 Å². The first-order valence-electron chi connectivity index (χ1n) is 10.1. The molecule has 0 aromatic heterocycles. The molecule has 0 spiro atoms.